The van der Waals surface area contributed by atoms with Gasteiger partial charge in [0.25, 0.3) is 0 Å². The van der Waals surface area contributed by atoms with E-state index in [1.807, 2.05) is 86.9 Å². The van der Waals surface area contributed by atoms with Crippen LogP contribution >= 0.6 is 0 Å². The van der Waals surface area contributed by atoms with Crippen LogP contribution in [0.2, 0.25) is 0 Å². The van der Waals surface area contributed by atoms with Gasteiger partial charge in [-0.05, 0) is 71.6 Å². The number of hydrogen-bond donors (Lipinski definition) is 2. The zero-order valence-electron chi connectivity index (χ0n) is 24.8. The van der Waals surface area contributed by atoms with Gasteiger partial charge < -0.3 is 24.8 Å². The van der Waals surface area contributed by atoms with Gasteiger partial charge in [0.15, 0.2) is 6.04 Å². The van der Waals surface area contributed by atoms with E-state index in [0.29, 0.717) is 12.2 Å². The van der Waals surface area contributed by atoms with E-state index in [0.717, 1.165) is 52.1 Å². The number of likely N-dealkylation sites (N-methyl/N-ethyl adjacent to an activating group) is 1. The molecule has 0 spiro atoms. The van der Waals surface area contributed by atoms with Crippen LogP contribution < -0.4 is 10.1 Å². The number of allylic oxidation sites excluding steroid dienone is 1. The lowest BCUT2D eigenvalue weighted by molar-refractivity contribution is -0.139. The molecule has 0 fully saturated rings. The Kier molecular flexibility index (Phi) is 11.1. The van der Waals surface area contributed by atoms with E-state index in [-0.39, 0.29) is 6.61 Å². The Hall–Kier alpha value is -4.88. The average Bonchev–Trinajstić information content (AvgIpc) is 3.03. The lowest BCUT2D eigenvalue weighted by atomic mass is 9.87. The van der Waals surface area contributed by atoms with Crippen molar-refractivity contribution in [2.45, 2.75) is 26.0 Å². The van der Waals surface area contributed by atoms with Crippen molar-refractivity contribution in [2.24, 2.45) is 0 Å². The number of nitrogens with one attached hydrogen (secondary N) is 1. The summed E-state index contributed by atoms with van der Waals surface area (Å²) in [6.07, 6.45) is -0.0134. The Balaban J connectivity index is 1.61. The van der Waals surface area contributed by atoms with Gasteiger partial charge in [-0.3, -0.25) is 0 Å². The second-order valence-electron chi connectivity index (χ2n) is 10.3. The number of carboxylic acid groups (broad SMARTS) is 1. The molecule has 0 saturated heterocycles. The van der Waals surface area contributed by atoms with Crippen LogP contribution in [0.15, 0.2) is 109 Å². The molecular formula is C36H38N2O5. The molecule has 2 N–H and O–H groups in total. The first kappa shape index (κ1) is 31.1. The number of carboxylic acids is 1. The molecule has 4 aromatic carbocycles. The minimum atomic E-state index is -1.26. The van der Waals surface area contributed by atoms with Crippen LogP contribution in [0.1, 0.15) is 47.2 Å². The summed E-state index contributed by atoms with van der Waals surface area (Å²) in [5.41, 5.74) is 6.52. The first-order valence-electron chi connectivity index (χ1n) is 14.3. The molecule has 7 heteroatoms. The van der Waals surface area contributed by atoms with Crippen LogP contribution in [0.5, 0.6) is 5.75 Å². The lowest BCUT2D eigenvalue weighted by Crippen LogP contribution is -2.34. The summed E-state index contributed by atoms with van der Waals surface area (Å²) >= 11 is 0. The standard InChI is InChI=1S/C36H38N2O5/c1-4-32(27-13-9-6-10-14-27)33(29-19-21-31(22-20-29)42-24-23-38(2)3)28-15-17-30(18-16-28)34(35(39)40)37-36(41)43-25-26-11-7-5-8-12-26/h5-22,34H,4,23-25H2,1-3H3,(H,37,41)(H,39,40)/b33-32-. The van der Waals surface area contributed by atoms with E-state index in [1.165, 1.54) is 0 Å². The summed E-state index contributed by atoms with van der Waals surface area (Å²) in [6, 6.07) is 33.5. The molecule has 0 radical (unpaired) electrons. The number of benzene rings is 4. The molecule has 4 rings (SSSR count). The van der Waals surface area contributed by atoms with Gasteiger partial charge in [-0.2, -0.15) is 0 Å². The fourth-order valence-electron chi connectivity index (χ4n) is 4.76. The maximum absolute atomic E-state index is 12.5. The highest BCUT2D eigenvalue weighted by molar-refractivity contribution is 5.98. The topological polar surface area (TPSA) is 88.1 Å². The smallest absolute Gasteiger partial charge is 0.408 e. The molecule has 0 heterocycles. The summed E-state index contributed by atoms with van der Waals surface area (Å²) in [4.78, 5) is 26.7. The van der Waals surface area contributed by atoms with E-state index in [9.17, 15) is 14.7 Å². The number of amides is 1. The Morgan fingerprint density at radius 2 is 1.37 bits per heavy atom. The van der Waals surface area contributed by atoms with Gasteiger partial charge in [0.05, 0.1) is 0 Å². The zero-order chi connectivity index (χ0) is 30.6. The summed E-state index contributed by atoms with van der Waals surface area (Å²) < 4.78 is 11.2. The van der Waals surface area contributed by atoms with Crippen molar-refractivity contribution >= 4 is 23.2 Å². The number of carbonyl (C=O) groups excluding carboxylic acids is 1. The minimum Gasteiger partial charge on any atom is -0.492 e. The quantitative estimate of drug-likeness (QED) is 0.165. The molecule has 1 unspecified atom stereocenters. The largest absolute Gasteiger partial charge is 0.492 e. The van der Waals surface area contributed by atoms with E-state index in [2.05, 4.69) is 41.4 Å². The van der Waals surface area contributed by atoms with Crippen molar-refractivity contribution < 1.29 is 24.2 Å². The third-order valence-electron chi connectivity index (χ3n) is 6.98. The summed E-state index contributed by atoms with van der Waals surface area (Å²) in [5.74, 6) is -0.379. The number of carbonyl (C=O) groups is 2. The maximum Gasteiger partial charge on any atom is 0.408 e. The van der Waals surface area contributed by atoms with Gasteiger partial charge in [-0.1, -0.05) is 104 Å². The van der Waals surface area contributed by atoms with E-state index < -0.39 is 18.1 Å². The molecule has 0 aliphatic carbocycles. The van der Waals surface area contributed by atoms with Crippen LogP contribution in [0.3, 0.4) is 0 Å². The Labute approximate surface area is 253 Å². The normalized spacial score (nSPS) is 12.3. The Morgan fingerprint density at radius 3 is 1.93 bits per heavy atom. The van der Waals surface area contributed by atoms with E-state index >= 15 is 0 Å². The van der Waals surface area contributed by atoms with Gasteiger partial charge in [-0.15, -0.1) is 0 Å². The molecule has 0 aliphatic heterocycles. The van der Waals surface area contributed by atoms with Crippen molar-refractivity contribution in [2.75, 3.05) is 27.2 Å². The summed E-state index contributed by atoms with van der Waals surface area (Å²) in [7, 11) is 4.02. The van der Waals surface area contributed by atoms with Crippen molar-refractivity contribution in [3.8, 4) is 5.75 Å². The van der Waals surface area contributed by atoms with Crippen LogP contribution in [0.25, 0.3) is 11.1 Å². The van der Waals surface area contributed by atoms with Gasteiger partial charge in [0.1, 0.15) is 19.0 Å². The van der Waals surface area contributed by atoms with Gasteiger partial charge in [-0.25, -0.2) is 9.59 Å². The van der Waals surface area contributed by atoms with Crippen molar-refractivity contribution in [3.63, 3.8) is 0 Å². The molecule has 222 valence electrons. The molecule has 0 aromatic heterocycles. The molecular weight excluding hydrogens is 540 g/mol. The molecule has 0 bridgehead atoms. The van der Waals surface area contributed by atoms with Gasteiger partial charge in [0.2, 0.25) is 0 Å². The lowest BCUT2D eigenvalue weighted by Gasteiger charge is -2.19. The number of hydrogen-bond acceptors (Lipinski definition) is 5. The number of nitrogens with zero attached hydrogens (tertiary/aromatic N) is 1. The van der Waals surface area contributed by atoms with Crippen LogP contribution in [-0.2, 0) is 16.1 Å². The molecule has 0 aliphatic rings. The van der Waals surface area contributed by atoms with E-state index in [4.69, 9.17) is 9.47 Å². The van der Waals surface area contributed by atoms with Crippen LogP contribution in [0.4, 0.5) is 4.79 Å². The number of ether oxygens (including phenoxy) is 2. The van der Waals surface area contributed by atoms with Gasteiger partial charge >= 0.3 is 12.1 Å². The first-order valence-corrected chi connectivity index (χ1v) is 14.3. The summed E-state index contributed by atoms with van der Waals surface area (Å²) in [6.45, 7) is 3.59. The SMILES string of the molecule is CC/C(=C(/c1ccc(OCCN(C)C)cc1)c1ccc(C(NC(=O)OCc2ccccc2)C(=O)O)cc1)c1ccccc1. The fraction of sp³-hybridized carbons (Fsp3) is 0.222. The second kappa shape index (κ2) is 15.4. The van der Waals surface area contributed by atoms with Crippen LogP contribution in [-0.4, -0.2) is 49.3 Å². The van der Waals surface area contributed by atoms with Crippen molar-refractivity contribution in [3.05, 3.63) is 137 Å². The molecule has 43 heavy (non-hydrogen) atoms. The highest BCUT2D eigenvalue weighted by Crippen LogP contribution is 2.35. The average molecular weight is 579 g/mol. The van der Waals surface area contributed by atoms with Crippen LogP contribution in [0, 0.1) is 0 Å². The number of alkyl carbamates (subject to hydrolysis) is 1. The first-order chi connectivity index (χ1) is 20.9. The zero-order valence-corrected chi connectivity index (χ0v) is 24.8. The third-order valence-corrected chi connectivity index (χ3v) is 6.98. The molecule has 4 aromatic rings. The van der Waals surface area contributed by atoms with Crippen molar-refractivity contribution in [1.82, 2.24) is 10.2 Å². The minimum absolute atomic E-state index is 0.0465. The Morgan fingerprint density at radius 1 is 0.791 bits per heavy atom. The maximum atomic E-state index is 12.5. The molecule has 7 nitrogen and oxygen atoms in total. The summed E-state index contributed by atoms with van der Waals surface area (Å²) in [5, 5.41) is 12.4. The highest BCUT2D eigenvalue weighted by Gasteiger charge is 2.23. The van der Waals surface area contributed by atoms with E-state index in [1.54, 1.807) is 12.1 Å². The third kappa shape index (κ3) is 8.80. The fourth-order valence-corrected chi connectivity index (χ4v) is 4.76. The molecule has 0 saturated carbocycles. The highest BCUT2D eigenvalue weighted by atomic mass is 16.5. The Bertz CT molecular complexity index is 1500. The number of aliphatic carboxylic acids is 1. The predicted octanol–water partition coefficient (Wildman–Crippen LogP) is 7.05. The second-order valence-corrected chi connectivity index (χ2v) is 10.3. The number of rotatable bonds is 13. The monoisotopic (exact) mass is 578 g/mol. The van der Waals surface area contributed by atoms with Gasteiger partial charge in [0, 0.05) is 6.54 Å². The molecule has 1 amide bonds. The molecule has 1 atom stereocenters. The van der Waals surface area contributed by atoms with Crippen molar-refractivity contribution in [1.29, 1.82) is 0 Å². The predicted molar refractivity (Wildman–Crippen MR) is 170 cm³/mol.